The number of rotatable bonds is 3. The van der Waals surface area contributed by atoms with E-state index in [0.717, 1.165) is 6.42 Å². The number of aryl methyl sites for hydroxylation is 1. The molecular weight excluding hydrogens is 286 g/mol. The number of benzene rings is 1. The molecule has 0 N–H and O–H groups in total. The molecular formula is C15H21N3O2S. The van der Waals surface area contributed by atoms with Gasteiger partial charge in [-0.05, 0) is 23.9 Å². The second kappa shape index (κ2) is 5.12. The Balaban J connectivity index is 1.90. The Bertz CT molecular complexity index is 764. The van der Waals surface area contributed by atoms with Crippen molar-refractivity contribution in [2.75, 3.05) is 27.2 Å². The largest absolute Gasteiger partial charge is 0.347 e. The zero-order valence-corrected chi connectivity index (χ0v) is 13.5. The molecule has 1 aromatic carbocycles. The summed E-state index contributed by atoms with van der Waals surface area (Å²) in [5, 5.41) is 1.21. The van der Waals surface area contributed by atoms with Crippen molar-refractivity contribution in [3.05, 3.63) is 36.0 Å². The Morgan fingerprint density at radius 3 is 2.62 bits per heavy atom. The van der Waals surface area contributed by atoms with Crippen molar-refractivity contribution in [1.82, 2.24) is 13.2 Å². The highest BCUT2D eigenvalue weighted by Crippen LogP contribution is 2.32. The third kappa shape index (κ3) is 2.37. The van der Waals surface area contributed by atoms with E-state index >= 15 is 0 Å². The van der Waals surface area contributed by atoms with Gasteiger partial charge < -0.3 is 4.57 Å². The molecule has 0 radical (unpaired) electrons. The highest BCUT2D eigenvalue weighted by molar-refractivity contribution is 7.86. The van der Waals surface area contributed by atoms with E-state index in [2.05, 4.69) is 29.8 Å². The van der Waals surface area contributed by atoms with Gasteiger partial charge in [-0.15, -0.1) is 0 Å². The summed E-state index contributed by atoms with van der Waals surface area (Å²) in [5.74, 6) is 0.261. The standard InChI is InChI=1S/C15H21N3O2S/c1-16(2)21(19,20)18-9-8-13(11-18)15-10-12-6-4-5-7-14(12)17(15)3/h4-7,10,13H,8-9,11H2,1-3H3. The van der Waals surface area contributed by atoms with Crippen LogP contribution < -0.4 is 0 Å². The van der Waals surface area contributed by atoms with Gasteiger partial charge in [0.25, 0.3) is 10.2 Å². The highest BCUT2D eigenvalue weighted by Gasteiger charge is 2.34. The molecule has 0 saturated carbocycles. The van der Waals surface area contributed by atoms with Gasteiger partial charge in [0.1, 0.15) is 0 Å². The summed E-state index contributed by atoms with van der Waals surface area (Å²) in [6.07, 6.45) is 0.872. The van der Waals surface area contributed by atoms with Gasteiger partial charge in [0.15, 0.2) is 0 Å². The average Bonchev–Trinajstić information content (AvgIpc) is 3.04. The van der Waals surface area contributed by atoms with Crippen molar-refractivity contribution in [2.45, 2.75) is 12.3 Å². The molecule has 1 fully saturated rings. The molecule has 6 heteroatoms. The van der Waals surface area contributed by atoms with E-state index in [4.69, 9.17) is 0 Å². The second-order valence-corrected chi connectivity index (χ2v) is 7.96. The quantitative estimate of drug-likeness (QED) is 0.867. The van der Waals surface area contributed by atoms with Crippen molar-refractivity contribution >= 4 is 21.1 Å². The molecule has 0 aliphatic carbocycles. The van der Waals surface area contributed by atoms with E-state index in [-0.39, 0.29) is 5.92 Å². The van der Waals surface area contributed by atoms with E-state index < -0.39 is 10.2 Å². The van der Waals surface area contributed by atoms with Crippen molar-refractivity contribution in [3.8, 4) is 0 Å². The van der Waals surface area contributed by atoms with Crippen molar-refractivity contribution < 1.29 is 8.42 Å². The highest BCUT2D eigenvalue weighted by atomic mass is 32.2. The van der Waals surface area contributed by atoms with Crippen LogP contribution in [0.2, 0.25) is 0 Å². The van der Waals surface area contributed by atoms with E-state index in [1.54, 1.807) is 18.4 Å². The molecule has 1 saturated heterocycles. The lowest BCUT2D eigenvalue weighted by Crippen LogP contribution is -2.38. The number of fused-ring (bicyclic) bond motifs is 1. The van der Waals surface area contributed by atoms with Crippen molar-refractivity contribution in [1.29, 1.82) is 0 Å². The summed E-state index contributed by atoms with van der Waals surface area (Å²) >= 11 is 0. The maximum atomic E-state index is 12.2. The van der Waals surface area contributed by atoms with Crippen LogP contribution in [0.15, 0.2) is 30.3 Å². The summed E-state index contributed by atoms with van der Waals surface area (Å²) in [6.45, 7) is 1.15. The molecule has 1 aliphatic heterocycles. The molecule has 0 amide bonds. The topological polar surface area (TPSA) is 45.6 Å². The minimum absolute atomic E-state index is 0.261. The molecule has 0 bridgehead atoms. The lowest BCUT2D eigenvalue weighted by molar-refractivity contribution is 0.418. The average molecular weight is 307 g/mol. The van der Waals surface area contributed by atoms with Gasteiger partial charge in [0, 0.05) is 51.4 Å². The normalized spacial score (nSPS) is 20.7. The summed E-state index contributed by atoms with van der Waals surface area (Å²) < 4.78 is 29.5. The number of nitrogens with zero attached hydrogens (tertiary/aromatic N) is 3. The van der Waals surface area contributed by atoms with Gasteiger partial charge in [0.2, 0.25) is 0 Å². The van der Waals surface area contributed by atoms with Crippen LogP contribution in [0.4, 0.5) is 0 Å². The predicted molar refractivity (Wildman–Crippen MR) is 84.5 cm³/mol. The molecule has 21 heavy (non-hydrogen) atoms. The summed E-state index contributed by atoms with van der Waals surface area (Å²) in [5.41, 5.74) is 2.41. The minimum Gasteiger partial charge on any atom is -0.347 e. The Labute approximate surface area is 125 Å². The van der Waals surface area contributed by atoms with Crippen LogP contribution in [0.3, 0.4) is 0 Å². The molecule has 2 aromatic rings. The van der Waals surface area contributed by atoms with Gasteiger partial charge >= 0.3 is 0 Å². The van der Waals surface area contributed by atoms with Crippen LogP contribution in [0.1, 0.15) is 18.0 Å². The van der Waals surface area contributed by atoms with Crippen LogP contribution in [0.25, 0.3) is 10.9 Å². The van der Waals surface area contributed by atoms with E-state index in [0.29, 0.717) is 13.1 Å². The SMILES string of the molecule is CN(C)S(=O)(=O)N1CCC(c2cc3ccccc3n2C)C1. The molecule has 5 nitrogen and oxygen atoms in total. The molecule has 114 valence electrons. The minimum atomic E-state index is -3.30. The van der Waals surface area contributed by atoms with Gasteiger partial charge in [0.05, 0.1) is 0 Å². The first-order valence-electron chi connectivity index (χ1n) is 7.13. The predicted octanol–water partition coefficient (Wildman–Crippen LogP) is 1.77. The van der Waals surface area contributed by atoms with Gasteiger partial charge in [-0.2, -0.15) is 17.0 Å². The number of hydrogen-bond acceptors (Lipinski definition) is 2. The second-order valence-electron chi connectivity index (χ2n) is 5.82. The molecule has 1 atom stereocenters. The Kier molecular flexibility index (Phi) is 3.55. The first-order valence-corrected chi connectivity index (χ1v) is 8.53. The number of hydrogen-bond donors (Lipinski definition) is 0. The maximum Gasteiger partial charge on any atom is 0.281 e. The van der Waals surface area contributed by atoms with Crippen molar-refractivity contribution in [2.24, 2.45) is 7.05 Å². The van der Waals surface area contributed by atoms with E-state index in [1.165, 1.54) is 20.9 Å². The lowest BCUT2D eigenvalue weighted by Gasteiger charge is -2.21. The Morgan fingerprint density at radius 1 is 1.24 bits per heavy atom. The van der Waals surface area contributed by atoms with Crippen LogP contribution in [0, 0.1) is 0 Å². The summed E-state index contributed by atoms with van der Waals surface area (Å²) in [6, 6.07) is 10.4. The van der Waals surface area contributed by atoms with Gasteiger partial charge in [-0.3, -0.25) is 0 Å². The van der Waals surface area contributed by atoms with Crippen LogP contribution in [-0.4, -0.2) is 48.8 Å². The third-order valence-corrected chi connectivity index (χ3v) is 6.25. The Hall–Kier alpha value is -1.37. The first kappa shape index (κ1) is 14.6. The molecule has 3 rings (SSSR count). The van der Waals surface area contributed by atoms with Crippen LogP contribution in [-0.2, 0) is 17.3 Å². The molecule has 2 heterocycles. The fraction of sp³-hybridized carbons (Fsp3) is 0.467. The first-order chi connectivity index (χ1) is 9.91. The summed E-state index contributed by atoms with van der Waals surface area (Å²) in [4.78, 5) is 0. The lowest BCUT2D eigenvalue weighted by atomic mass is 10.1. The smallest absolute Gasteiger partial charge is 0.281 e. The zero-order chi connectivity index (χ0) is 15.2. The molecule has 1 unspecified atom stereocenters. The van der Waals surface area contributed by atoms with Crippen molar-refractivity contribution in [3.63, 3.8) is 0 Å². The monoisotopic (exact) mass is 307 g/mol. The number of aromatic nitrogens is 1. The van der Waals surface area contributed by atoms with Crippen LogP contribution >= 0.6 is 0 Å². The third-order valence-electron chi connectivity index (χ3n) is 4.35. The molecule has 0 spiro atoms. The molecule has 1 aromatic heterocycles. The van der Waals surface area contributed by atoms with Crippen LogP contribution in [0.5, 0.6) is 0 Å². The maximum absolute atomic E-state index is 12.2. The number of para-hydroxylation sites is 1. The fourth-order valence-corrected chi connectivity index (χ4v) is 4.28. The fourth-order valence-electron chi connectivity index (χ4n) is 3.11. The Morgan fingerprint density at radius 2 is 1.95 bits per heavy atom. The van der Waals surface area contributed by atoms with E-state index in [1.807, 2.05) is 12.1 Å². The van der Waals surface area contributed by atoms with E-state index in [9.17, 15) is 8.42 Å². The molecule has 1 aliphatic rings. The van der Waals surface area contributed by atoms with Gasteiger partial charge in [-0.25, -0.2) is 0 Å². The zero-order valence-electron chi connectivity index (χ0n) is 12.7. The van der Waals surface area contributed by atoms with Gasteiger partial charge in [-0.1, -0.05) is 18.2 Å². The summed E-state index contributed by atoms with van der Waals surface area (Å²) in [7, 11) is 1.92.